The summed E-state index contributed by atoms with van der Waals surface area (Å²) in [5.74, 6) is -0.0769. The molecule has 90 valence electrons. The van der Waals surface area contributed by atoms with Crippen molar-refractivity contribution in [2.24, 2.45) is 11.7 Å². The largest absolute Gasteiger partial charge is 0.383 e. The fourth-order valence-corrected chi connectivity index (χ4v) is 1.01. The Balaban J connectivity index is 3.48. The number of carbonyl (C=O) groups excluding carboxylic acids is 1. The first-order valence-corrected chi connectivity index (χ1v) is 5.27. The van der Waals surface area contributed by atoms with Crippen LogP contribution in [-0.4, -0.2) is 57.8 Å². The summed E-state index contributed by atoms with van der Waals surface area (Å²) in [5, 5.41) is 2.84. The summed E-state index contributed by atoms with van der Waals surface area (Å²) >= 11 is 0. The maximum atomic E-state index is 11.3. The van der Waals surface area contributed by atoms with Gasteiger partial charge in [0.2, 0.25) is 5.91 Å². The number of methoxy groups -OCH3 is 1. The topological polar surface area (TPSA) is 67.6 Å². The molecule has 1 unspecified atom stereocenters. The van der Waals surface area contributed by atoms with Gasteiger partial charge in [0, 0.05) is 39.2 Å². The highest BCUT2D eigenvalue weighted by Crippen LogP contribution is 1.89. The van der Waals surface area contributed by atoms with Crippen molar-refractivity contribution in [2.75, 3.05) is 46.9 Å². The minimum Gasteiger partial charge on any atom is -0.383 e. The van der Waals surface area contributed by atoms with Crippen LogP contribution in [0.1, 0.15) is 6.92 Å². The van der Waals surface area contributed by atoms with Crippen molar-refractivity contribution < 1.29 is 9.53 Å². The van der Waals surface area contributed by atoms with Crippen LogP contribution in [-0.2, 0) is 9.53 Å². The minimum atomic E-state index is -0.103. The van der Waals surface area contributed by atoms with E-state index in [1.807, 2.05) is 14.0 Å². The number of nitrogens with two attached hydrogens (primary N) is 1. The number of nitrogens with one attached hydrogen (secondary N) is 1. The van der Waals surface area contributed by atoms with E-state index in [-0.39, 0.29) is 11.8 Å². The Kier molecular flexibility index (Phi) is 8.27. The Bertz CT molecular complexity index is 176. The van der Waals surface area contributed by atoms with E-state index in [0.717, 1.165) is 13.1 Å². The van der Waals surface area contributed by atoms with Gasteiger partial charge < -0.3 is 20.7 Å². The van der Waals surface area contributed by atoms with Crippen molar-refractivity contribution in [3.63, 3.8) is 0 Å². The van der Waals surface area contributed by atoms with E-state index in [2.05, 4.69) is 10.2 Å². The molecule has 0 aromatic heterocycles. The number of nitrogens with zero attached hydrogens (tertiary/aromatic N) is 1. The van der Waals surface area contributed by atoms with E-state index >= 15 is 0 Å². The molecule has 0 rings (SSSR count). The summed E-state index contributed by atoms with van der Waals surface area (Å²) in [7, 11) is 3.68. The third-order valence-electron chi connectivity index (χ3n) is 2.27. The van der Waals surface area contributed by atoms with Gasteiger partial charge in [-0.2, -0.15) is 0 Å². The van der Waals surface area contributed by atoms with Crippen molar-refractivity contribution in [2.45, 2.75) is 6.92 Å². The van der Waals surface area contributed by atoms with Crippen molar-refractivity contribution in [1.82, 2.24) is 10.2 Å². The molecule has 0 aliphatic carbocycles. The van der Waals surface area contributed by atoms with Crippen LogP contribution >= 0.6 is 0 Å². The number of rotatable bonds is 8. The summed E-state index contributed by atoms with van der Waals surface area (Å²) in [6.45, 7) is 5.29. The van der Waals surface area contributed by atoms with Gasteiger partial charge in [-0.1, -0.05) is 6.92 Å². The molecular formula is C10H23N3O2. The monoisotopic (exact) mass is 217 g/mol. The fraction of sp³-hybridized carbons (Fsp3) is 0.900. The normalized spacial score (nSPS) is 12.9. The number of amides is 1. The van der Waals surface area contributed by atoms with Crippen LogP contribution in [0.5, 0.6) is 0 Å². The average molecular weight is 217 g/mol. The number of likely N-dealkylation sites (N-methyl/N-ethyl adjacent to an activating group) is 1. The highest BCUT2D eigenvalue weighted by atomic mass is 16.5. The highest BCUT2D eigenvalue weighted by molar-refractivity contribution is 5.78. The molecule has 1 amide bonds. The van der Waals surface area contributed by atoms with Crippen LogP contribution in [0.3, 0.4) is 0 Å². The van der Waals surface area contributed by atoms with E-state index in [9.17, 15) is 4.79 Å². The number of carbonyl (C=O) groups is 1. The molecule has 0 saturated carbocycles. The maximum Gasteiger partial charge on any atom is 0.224 e. The van der Waals surface area contributed by atoms with Gasteiger partial charge in [-0.25, -0.2) is 0 Å². The van der Waals surface area contributed by atoms with E-state index in [1.54, 1.807) is 7.11 Å². The van der Waals surface area contributed by atoms with Gasteiger partial charge in [0.25, 0.3) is 0 Å². The van der Waals surface area contributed by atoms with Crippen LogP contribution < -0.4 is 11.1 Å². The van der Waals surface area contributed by atoms with Crippen LogP contribution in [0, 0.1) is 5.92 Å². The highest BCUT2D eigenvalue weighted by Gasteiger charge is 2.09. The van der Waals surface area contributed by atoms with Gasteiger partial charge in [-0.05, 0) is 7.05 Å². The number of ether oxygens (including phenoxy) is 1. The molecule has 1 atom stereocenters. The second-order valence-corrected chi connectivity index (χ2v) is 3.72. The zero-order valence-corrected chi connectivity index (χ0v) is 9.95. The van der Waals surface area contributed by atoms with Gasteiger partial charge in [0.1, 0.15) is 0 Å². The van der Waals surface area contributed by atoms with Crippen LogP contribution in [0.4, 0.5) is 0 Å². The van der Waals surface area contributed by atoms with E-state index in [0.29, 0.717) is 19.7 Å². The standard InChI is InChI=1S/C10H23N3O2/c1-9(8-11)10(14)12-4-5-13(2)6-7-15-3/h9H,4-8,11H2,1-3H3,(H,12,14). The Morgan fingerprint density at radius 2 is 2.20 bits per heavy atom. The van der Waals surface area contributed by atoms with E-state index < -0.39 is 0 Å². The molecule has 0 aromatic carbocycles. The van der Waals surface area contributed by atoms with E-state index in [1.165, 1.54) is 0 Å². The quantitative estimate of drug-likeness (QED) is 0.563. The van der Waals surface area contributed by atoms with Gasteiger partial charge >= 0.3 is 0 Å². The maximum absolute atomic E-state index is 11.3. The predicted octanol–water partition coefficient (Wildman–Crippen LogP) is -0.724. The summed E-state index contributed by atoms with van der Waals surface area (Å²) in [6, 6.07) is 0. The Hall–Kier alpha value is -0.650. The first-order chi connectivity index (χ1) is 7.11. The number of hydrogen-bond donors (Lipinski definition) is 2. The molecule has 5 nitrogen and oxygen atoms in total. The van der Waals surface area contributed by atoms with Gasteiger partial charge in [0.15, 0.2) is 0 Å². The molecule has 3 N–H and O–H groups in total. The molecule has 0 saturated heterocycles. The Morgan fingerprint density at radius 1 is 1.53 bits per heavy atom. The lowest BCUT2D eigenvalue weighted by Crippen LogP contribution is -2.38. The molecule has 0 aromatic rings. The lowest BCUT2D eigenvalue weighted by Gasteiger charge is -2.17. The van der Waals surface area contributed by atoms with Crippen molar-refractivity contribution in [1.29, 1.82) is 0 Å². The SMILES string of the molecule is COCCN(C)CCNC(=O)C(C)CN. The smallest absolute Gasteiger partial charge is 0.224 e. The predicted molar refractivity (Wildman–Crippen MR) is 60.6 cm³/mol. The molecule has 0 bridgehead atoms. The number of hydrogen-bond acceptors (Lipinski definition) is 4. The van der Waals surface area contributed by atoms with Crippen molar-refractivity contribution in [3.05, 3.63) is 0 Å². The van der Waals surface area contributed by atoms with Gasteiger partial charge in [-0.15, -0.1) is 0 Å². The molecule has 0 aliphatic rings. The summed E-state index contributed by atoms with van der Waals surface area (Å²) < 4.78 is 4.95. The molecule has 0 spiro atoms. The van der Waals surface area contributed by atoms with Crippen LogP contribution in [0.2, 0.25) is 0 Å². The molecule has 15 heavy (non-hydrogen) atoms. The Morgan fingerprint density at radius 3 is 2.73 bits per heavy atom. The summed E-state index contributed by atoms with van der Waals surface area (Å²) in [5.41, 5.74) is 5.38. The molecule has 0 heterocycles. The molecule has 5 heteroatoms. The Labute approximate surface area is 91.9 Å². The van der Waals surface area contributed by atoms with Crippen LogP contribution in [0.15, 0.2) is 0 Å². The minimum absolute atomic E-state index is 0.0256. The van der Waals surface area contributed by atoms with Gasteiger partial charge in [-0.3, -0.25) is 4.79 Å². The second-order valence-electron chi connectivity index (χ2n) is 3.72. The summed E-state index contributed by atoms with van der Waals surface area (Å²) in [6.07, 6.45) is 0. The molecule has 0 aliphatic heterocycles. The average Bonchev–Trinajstić information content (AvgIpc) is 2.24. The lowest BCUT2D eigenvalue weighted by molar-refractivity contribution is -0.124. The molecular weight excluding hydrogens is 194 g/mol. The lowest BCUT2D eigenvalue weighted by atomic mass is 10.2. The van der Waals surface area contributed by atoms with Gasteiger partial charge in [0.05, 0.1) is 6.61 Å². The summed E-state index contributed by atoms with van der Waals surface area (Å²) in [4.78, 5) is 13.4. The van der Waals surface area contributed by atoms with Crippen molar-refractivity contribution in [3.8, 4) is 0 Å². The molecule has 0 radical (unpaired) electrons. The van der Waals surface area contributed by atoms with Crippen molar-refractivity contribution >= 4 is 5.91 Å². The second kappa shape index (κ2) is 8.64. The third-order valence-corrected chi connectivity index (χ3v) is 2.27. The zero-order chi connectivity index (χ0) is 11.7. The van der Waals surface area contributed by atoms with E-state index in [4.69, 9.17) is 10.5 Å². The molecule has 0 fully saturated rings. The fourth-order valence-electron chi connectivity index (χ4n) is 1.01. The third kappa shape index (κ3) is 7.30. The first kappa shape index (κ1) is 14.3. The first-order valence-electron chi connectivity index (χ1n) is 5.27. The zero-order valence-electron chi connectivity index (χ0n) is 9.95. The van der Waals surface area contributed by atoms with Crippen LogP contribution in [0.25, 0.3) is 0 Å².